The van der Waals surface area contributed by atoms with Gasteiger partial charge in [-0.25, -0.2) is 8.42 Å². The highest BCUT2D eigenvalue weighted by Crippen LogP contribution is 2.22. The third kappa shape index (κ3) is 3.78. The molecular weight excluding hydrogens is 262 g/mol. The molecule has 0 saturated heterocycles. The number of nitrogens with zero attached hydrogens (tertiary/aromatic N) is 1. The molecule has 19 heavy (non-hydrogen) atoms. The summed E-state index contributed by atoms with van der Waals surface area (Å²) in [7, 11) is -3.49. The minimum Gasteiger partial charge on any atom is -0.392 e. The van der Waals surface area contributed by atoms with Crippen LogP contribution in [0.5, 0.6) is 0 Å². The van der Waals surface area contributed by atoms with Crippen LogP contribution in [0, 0.1) is 12.8 Å². The summed E-state index contributed by atoms with van der Waals surface area (Å²) in [4.78, 5) is 0.293. The number of aliphatic hydroxyl groups is 1. The van der Waals surface area contributed by atoms with Crippen LogP contribution in [0.25, 0.3) is 0 Å². The van der Waals surface area contributed by atoms with Crippen LogP contribution >= 0.6 is 0 Å². The first-order valence-electron chi connectivity index (χ1n) is 6.53. The predicted octanol–water partition coefficient (Wildman–Crippen LogP) is 2.15. The summed E-state index contributed by atoms with van der Waals surface area (Å²) in [6.07, 6.45) is 0. The van der Waals surface area contributed by atoms with Crippen LogP contribution in [0.15, 0.2) is 23.1 Å². The van der Waals surface area contributed by atoms with Crippen molar-refractivity contribution in [1.29, 1.82) is 0 Å². The largest absolute Gasteiger partial charge is 0.392 e. The van der Waals surface area contributed by atoms with Crippen molar-refractivity contribution in [2.45, 2.75) is 39.2 Å². The van der Waals surface area contributed by atoms with Crippen LogP contribution in [0.4, 0.5) is 0 Å². The fraction of sp³-hybridized carbons (Fsp3) is 0.571. The van der Waals surface area contributed by atoms with Crippen molar-refractivity contribution >= 4 is 10.0 Å². The van der Waals surface area contributed by atoms with Crippen molar-refractivity contribution in [3.63, 3.8) is 0 Å². The van der Waals surface area contributed by atoms with E-state index in [1.807, 2.05) is 20.8 Å². The predicted molar refractivity (Wildman–Crippen MR) is 76.4 cm³/mol. The van der Waals surface area contributed by atoms with E-state index < -0.39 is 10.0 Å². The summed E-state index contributed by atoms with van der Waals surface area (Å²) >= 11 is 0. The van der Waals surface area contributed by atoms with Crippen molar-refractivity contribution in [3.05, 3.63) is 29.3 Å². The monoisotopic (exact) mass is 285 g/mol. The van der Waals surface area contributed by atoms with E-state index in [1.54, 1.807) is 25.1 Å². The summed E-state index contributed by atoms with van der Waals surface area (Å²) in [6, 6.07) is 5.04. The quantitative estimate of drug-likeness (QED) is 0.871. The Labute approximate surface area is 116 Å². The molecule has 0 aliphatic heterocycles. The Morgan fingerprint density at radius 3 is 2.42 bits per heavy atom. The first-order valence-corrected chi connectivity index (χ1v) is 7.97. The molecule has 1 N–H and O–H groups in total. The van der Waals surface area contributed by atoms with E-state index in [4.69, 9.17) is 5.11 Å². The van der Waals surface area contributed by atoms with Crippen molar-refractivity contribution in [2.24, 2.45) is 5.92 Å². The van der Waals surface area contributed by atoms with Crippen molar-refractivity contribution in [3.8, 4) is 0 Å². The second kappa shape index (κ2) is 6.50. The van der Waals surface area contributed by atoms with Gasteiger partial charge in [-0.1, -0.05) is 32.9 Å². The highest BCUT2D eigenvalue weighted by molar-refractivity contribution is 7.89. The van der Waals surface area contributed by atoms with E-state index in [9.17, 15) is 8.42 Å². The van der Waals surface area contributed by atoms with Gasteiger partial charge in [0.15, 0.2) is 0 Å². The van der Waals surface area contributed by atoms with E-state index in [1.165, 1.54) is 4.31 Å². The number of benzene rings is 1. The number of aliphatic hydroxyl groups excluding tert-OH is 1. The van der Waals surface area contributed by atoms with Gasteiger partial charge in [0.2, 0.25) is 10.0 Å². The zero-order valence-corrected chi connectivity index (χ0v) is 12.9. The number of aryl methyl sites for hydroxylation is 1. The van der Waals surface area contributed by atoms with Crippen LogP contribution in [0.2, 0.25) is 0 Å². The van der Waals surface area contributed by atoms with Crippen LogP contribution in [0.3, 0.4) is 0 Å². The molecule has 5 heteroatoms. The molecule has 0 aliphatic rings. The maximum atomic E-state index is 12.6. The molecule has 0 fully saturated rings. The van der Waals surface area contributed by atoms with Crippen LogP contribution in [0.1, 0.15) is 31.9 Å². The van der Waals surface area contributed by atoms with E-state index in [2.05, 4.69) is 0 Å². The molecular formula is C14H23NO3S. The normalized spacial score (nSPS) is 12.4. The molecule has 0 bridgehead atoms. The molecule has 0 aliphatic carbocycles. The van der Waals surface area contributed by atoms with Crippen molar-refractivity contribution in [2.75, 3.05) is 13.1 Å². The highest BCUT2D eigenvalue weighted by atomic mass is 32.2. The molecule has 0 saturated carbocycles. The van der Waals surface area contributed by atoms with Crippen LogP contribution in [-0.4, -0.2) is 30.9 Å². The van der Waals surface area contributed by atoms with Gasteiger partial charge in [0.05, 0.1) is 11.5 Å². The Kier molecular flexibility index (Phi) is 5.52. The standard InChI is InChI=1S/C14H23NO3S/c1-5-15(9-11(2)3)19(17,18)14-8-13(10-16)7-6-12(14)4/h6-8,11,16H,5,9-10H2,1-4H3. The van der Waals surface area contributed by atoms with Gasteiger partial charge in [0.1, 0.15) is 0 Å². The molecule has 0 heterocycles. The smallest absolute Gasteiger partial charge is 0.243 e. The highest BCUT2D eigenvalue weighted by Gasteiger charge is 2.25. The van der Waals surface area contributed by atoms with Crippen molar-refractivity contribution < 1.29 is 13.5 Å². The molecule has 0 spiro atoms. The van der Waals surface area contributed by atoms with Gasteiger partial charge < -0.3 is 5.11 Å². The van der Waals surface area contributed by atoms with Gasteiger partial charge in [-0.3, -0.25) is 0 Å². The number of sulfonamides is 1. The summed E-state index contributed by atoms with van der Waals surface area (Å²) < 4.78 is 26.8. The van der Waals surface area contributed by atoms with E-state index in [0.29, 0.717) is 29.1 Å². The minimum absolute atomic E-state index is 0.154. The Morgan fingerprint density at radius 2 is 1.95 bits per heavy atom. The van der Waals surface area contributed by atoms with Gasteiger partial charge in [0, 0.05) is 13.1 Å². The van der Waals surface area contributed by atoms with E-state index in [-0.39, 0.29) is 12.5 Å². The first kappa shape index (κ1) is 16.1. The Hall–Kier alpha value is -0.910. The summed E-state index contributed by atoms with van der Waals surface area (Å²) in [5.74, 6) is 0.274. The van der Waals surface area contributed by atoms with Gasteiger partial charge >= 0.3 is 0 Å². The third-order valence-corrected chi connectivity index (χ3v) is 5.06. The average Bonchev–Trinajstić information content (AvgIpc) is 2.35. The molecule has 108 valence electrons. The maximum absolute atomic E-state index is 12.6. The molecule has 4 nitrogen and oxygen atoms in total. The third-order valence-electron chi connectivity index (χ3n) is 2.97. The second-order valence-electron chi connectivity index (χ2n) is 5.11. The fourth-order valence-electron chi connectivity index (χ4n) is 1.96. The van der Waals surface area contributed by atoms with Gasteiger partial charge in [-0.05, 0) is 30.0 Å². The van der Waals surface area contributed by atoms with Crippen molar-refractivity contribution in [1.82, 2.24) is 4.31 Å². The van der Waals surface area contributed by atoms with Gasteiger partial charge in [-0.15, -0.1) is 0 Å². The lowest BCUT2D eigenvalue weighted by atomic mass is 10.2. The van der Waals surface area contributed by atoms with E-state index in [0.717, 1.165) is 0 Å². The Bertz CT molecular complexity index is 523. The zero-order valence-electron chi connectivity index (χ0n) is 12.0. The number of rotatable bonds is 6. The summed E-state index contributed by atoms with van der Waals surface area (Å²) in [5.41, 5.74) is 1.32. The first-order chi connectivity index (χ1) is 8.82. The SMILES string of the molecule is CCN(CC(C)C)S(=O)(=O)c1cc(CO)ccc1C. The maximum Gasteiger partial charge on any atom is 0.243 e. The Balaban J connectivity index is 3.24. The molecule has 0 aromatic heterocycles. The Morgan fingerprint density at radius 1 is 1.32 bits per heavy atom. The van der Waals surface area contributed by atoms with Crippen LogP contribution in [-0.2, 0) is 16.6 Å². The number of hydrogen-bond donors (Lipinski definition) is 1. The topological polar surface area (TPSA) is 57.6 Å². The van der Waals surface area contributed by atoms with E-state index >= 15 is 0 Å². The lowest BCUT2D eigenvalue weighted by Gasteiger charge is -2.23. The zero-order chi connectivity index (χ0) is 14.6. The molecule has 0 radical (unpaired) electrons. The number of hydrogen-bond acceptors (Lipinski definition) is 3. The molecule has 0 unspecified atom stereocenters. The van der Waals surface area contributed by atoms with Crippen LogP contribution < -0.4 is 0 Å². The fourth-order valence-corrected chi connectivity index (χ4v) is 3.85. The summed E-state index contributed by atoms with van der Waals surface area (Å²) in [6.45, 7) is 8.40. The molecule has 0 amide bonds. The van der Waals surface area contributed by atoms with Gasteiger partial charge in [0.25, 0.3) is 0 Å². The van der Waals surface area contributed by atoms with Gasteiger partial charge in [-0.2, -0.15) is 4.31 Å². The molecule has 1 aromatic carbocycles. The molecule has 1 rings (SSSR count). The average molecular weight is 285 g/mol. The summed E-state index contributed by atoms with van der Waals surface area (Å²) in [5, 5.41) is 9.15. The lowest BCUT2D eigenvalue weighted by Crippen LogP contribution is -2.34. The molecule has 1 aromatic rings. The molecule has 0 atom stereocenters. The lowest BCUT2D eigenvalue weighted by molar-refractivity contribution is 0.281. The minimum atomic E-state index is -3.49. The second-order valence-corrected chi connectivity index (χ2v) is 7.01.